The van der Waals surface area contributed by atoms with Crippen molar-refractivity contribution in [3.05, 3.63) is 59.7 Å². The van der Waals surface area contributed by atoms with Gasteiger partial charge >= 0.3 is 0 Å². The van der Waals surface area contributed by atoms with Gasteiger partial charge in [0.1, 0.15) is 11.4 Å². The first-order chi connectivity index (χ1) is 13.0. The number of benzene rings is 2. The molecule has 1 aliphatic rings. The number of carbonyl (C=O) groups is 1. The third kappa shape index (κ3) is 4.32. The van der Waals surface area contributed by atoms with Crippen molar-refractivity contribution in [2.45, 2.75) is 68.7 Å². The van der Waals surface area contributed by atoms with Crippen LogP contribution in [0, 0.1) is 0 Å². The monoisotopic (exact) mass is 383 g/mol. The normalized spacial score (nSPS) is 17.9. The van der Waals surface area contributed by atoms with Gasteiger partial charge in [-0.1, -0.05) is 58.0 Å². The Hall–Kier alpha value is -1.94. The van der Waals surface area contributed by atoms with Gasteiger partial charge in [0.2, 0.25) is 0 Å². The predicted octanol–water partition coefficient (Wildman–Crippen LogP) is 6.00. The summed E-state index contributed by atoms with van der Waals surface area (Å²) in [4.78, 5) is 14.2. The lowest BCUT2D eigenvalue weighted by Gasteiger charge is -2.41. The Morgan fingerprint density at radius 3 is 2.52 bits per heavy atom. The van der Waals surface area contributed by atoms with Gasteiger partial charge < -0.3 is 10.1 Å². The Bertz CT molecular complexity index is 798. The number of ether oxygens (including phenoxy) is 1. The average molecular weight is 384 g/mol. The molecule has 0 aromatic heterocycles. The van der Waals surface area contributed by atoms with Crippen LogP contribution in [0.5, 0.6) is 5.75 Å². The van der Waals surface area contributed by atoms with Crippen LogP contribution in [-0.4, -0.2) is 16.8 Å². The fourth-order valence-electron chi connectivity index (χ4n) is 3.68. The van der Waals surface area contributed by atoms with Gasteiger partial charge in [0.15, 0.2) is 0 Å². The molecule has 0 fully saturated rings. The van der Waals surface area contributed by atoms with E-state index in [1.165, 1.54) is 0 Å². The summed E-state index contributed by atoms with van der Waals surface area (Å²) < 4.78 is 6.36. The quantitative estimate of drug-likeness (QED) is 0.622. The van der Waals surface area contributed by atoms with Crippen LogP contribution in [0.15, 0.2) is 53.4 Å². The number of rotatable bonds is 6. The lowest BCUT2D eigenvalue weighted by atomic mass is 9.83. The number of thioether (sulfide) groups is 1. The topological polar surface area (TPSA) is 38.3 Å². The number of para-hydroxylation sites is 1. The van der Waals surface area contributed by atoms with Gasteiger partial charge in [-0.25, -0.2) is 0 Å². The van der Waals surface area contributed by atoms with Crippen LogP contribution in [0.25, 0.3) is 0 Å². The lowest BCUT2D eigenvalue weighted by Crippen LogP contribution is -2.44. The molecule has 1 amide bonds. The second-order valence-electron chi connectivity index (χ2n) is 7.42. The maximum Gasteiger partial charge on any atom is 0.252 e. The van der Waals surface area contributed by atoms with E-state index in [2.05, 4.69) is 39.1 Å². The number of carbonyl (C=O) groups excluding carboxylic acids is 1. The van der Waals surface area contributed by atoms with E-state index in [9.17, 15) is 4.79 Å². The van der Waals surface area contributed by atoms with E-state index in [0.717, 1.165) is 41.0 Å². The van der Waals surface area contributed by atoms with Crippen molar-refractivity contribution in [1.82, 2.24) is 5.32 Å². The van der Waals surface area contributed by atoms with Gasteiger partial charge in [-0.15, -0.1) is 11.8 Å². The largest absolute Gasteiger partial charge is 0.487 e. The fourth-order valence-corrected chi connectivity index (χ4v) is 4.63. The summed E-state index contributed by atoms with van der Waals surface area (Å²) in [5.41, 5.74) is 1.59. The highest BCUT2D eigenvalue weighted by Gasteiger charge is 2.39. The summed E-state index contributed by atoms with van der Waals surface area (Å²) in [6, 6.07) is 15.9. The van der Waals surface area contributed by atoms with Gasteiger partial charge in [0, 0.05) is 22.1 Å². The minimum absolute atomic E-state index is 0.0124. The zero-order chi connectivity index (χ0) is 19.4. The Balaban J connectivity index is 1.89. The van der Waals surface area contributed by atoms with Crippen LogP contribution in [-0.2, 0) is 0 Å². The van der Waals surface area contributed by atoms with Gasteiger partial charge in [0.05, 0.1) is 11.6 Å². The summed E-state index contributed by atoms with van der Waals surface area (Å²) in [6.07, 6.45) is 2.64. The molecular formula is C23H29NO2S. The molecule has 0 saturated carbocycles. The zero-order valence-electron chi connectivity index (χ0n) is 16.6. The number of nitrogens with one attached hydrogen (secondary N) is 1. The second-order valence-corrected chi connectivity index (χ2v) is 9.04. The molecule has 0 saturated heterocycles. The maximum atomic E-state index is 13.1. The number of hydrogen-bond acceptors (Lipinski definition) is 3. The molecule has 2 aromatic rings. The first-order valence-corrected chi connectivity index (χ1v) is 10.7. The summed E-state index contributed by atoms with van der Waals surface area (Å²) in [5, 5.41) is 3.72. The van der Waals surface area contributed by atoms with Gasteiger partial charge in [-0.05, 0) is 31.0 Å². The highest BCUT2D eigenvalue weighted by Crippen LogP contribution is 2.42. The van der Waals surface area contributed by atoms with Crippen molar-refractivity contribution < 1.29 is 9.53 Å². The van der Waals surface area contributed by atoms with E-state index in [-0.39, 0.29) is 17.6 Å². The van der Waals surface area contributed by atoms with Crippen LogP contribution in [0.2, 0.25) is 0 Å². The molecule has 1 heterocycles. The summed E-state index contributed by atoms with van der Waals surface area (Å²) in [6.45, 7) is 8.60. The highest BCUT2D eigenvalue weighted by atomic mass is 32.2. The van der Waals surface area contributed by atoms with Gasteiger partial charge in [-0.3, -0.25) is 4.79 Å². The molecule has 0 bridgehead atoms. The molecule has 2 aromatic carbocycles. The van der Waals surface area contributed by atoms with E-state index in [4.69, 9.17) is 4.74 Å². The number of fused-ring (bicyclic) bond motifs is 1. The Kier molecular flexibility index (Phi) is 6.15. The van der Waals surface area contributed by atoms with E-state index < -0.39 is 0 Å². The molecule has 144 valence electrons. The molecule has 27 heavy (non-hydrogen) atoms. The molecule has 0 spiro atoms. The van der Waals surface area contributed by atoms with E-state index >= 15 is 0 Å². The predicted molar refractivity (Wildman–Crippen MR) is 113 cm³/mol. The Labute approximate surface area is 166 Å². The molecule has 1 aliphatic heterocycles. The molecule has 3 rings (SSSR count). The van der Waals surface area contributed by atoms with Crippen molar-refractivity contribution >= 4 is 17.7 Å². The van der Waals surface area contributed by atoms with Gasteiger partial charge in [0.25, 0.3) is 5.91 Å². The van der Waals surface area contributed by atoms with Crippen molar-refractivity contribution in [2.24, 2.45) is 0 Å². The van der Waals surface area contributed by atoms with E-state index in [0.29, 0.717) is 5.25 Å². The molecular weight excluding hydrogens is 354 g/mol. The van der Waals surface area contributed by atoms with Crippen LogP contribution in [0.4, 0.5) is 0 Å². The lowest BCUT2D eigenvalue weighted by molar-refractivity contribution is 0.0227. The second kappa shape index (κ2) is 8.39. The van der Waals surface area contributed by atoms with Crippen LogP contribution >= 0.6 is 11.8 Å². The molecule has 0 aliphatic carbocycles. The van der Waals surface area contributed by atoms with Crippen LogP contribution in [0.1, 0.15) is 68.9 Å². The third-order valence-electron chi connectivity index (χ3n) is 5.29. The summed E-state index contributed by atoms with van der Waals surface area (Å²) in [5.74, 6) is 0.879. The Morgan fingerprint density at radius 1 is 1.15 bits per heavy atom. The minimum atomic E-state index is -0.224. The van der Waals surface area contributed by atoms with Gasteiger partial charge in [-0.2, -0.15) is 0 Å². The van der Waals surface area contributed by atoms with E-state index in [1.807, 2.05) is 42.5 Å². The third-order valence-corrected chi connectivity index (χ3v) is 6.37. The van der Waals surface area contributed by atoms with Crippen molar-refractivity contribution in [2.75, 3.05) is 0 Å². The number of hydrogen-bond donors (Lipinski definition) is 1. The zero-order valence-corrected chi connectivity index (χ0v) is 17.4. The maximum absolute atomic E-state index is 13.1. The highest BCUT2D eigenvalue weighted by molar-refractivity contribution is 8.00. The van der Waals surface area contributed by atoms with Crippen LogP contribution in [0.3, 0.4) is 0 Å². The first kappa shape index (κ1) is 19.8. The fraction of sp³-hybridized carbons (Fsp3) is 0.435. The molecule has 1 N–H and O–H groups in total. The minimum Gasteiger partial charge on any atom is -0.487 e. The SMILES string of the molecule is CCC1(CC)C[C@H](NC(=O)c2ccccc2SC(C)C)c2ccccc2O1. The summed E-state index contributed by atoms with van der Waals surface area (Å²) >= 11 is 1.72. The van der Waals surface area contributed by atoms with E-state index in [1.54, 1.807) is 11.8 Å². The standard InChI is InChI=1S/C23H29NO2S/c1-5-23(6-2)15-19(17-11-7-9-13-20(17)26-23)24-22(25)18-12-8-10-14-21(18)27-16(3)4/h7-14,16,19H,5-6,15H2,1-4H3,(H,24,25)/t19-/m0/s1. The smallest absolute Gasteiger partial charge is 0.252 e. The summed E-state index contributed by atoms with van der Waals surface area (Å²) in [7, 11) is 0. The first-order valence-electron chi connectivity index (χ1n) is 9.82. The molecule has 1 atom stereocenters. The number of amides is 1. The van der Waals surface area contributed by atoms with Crippen molar-refractivity contribution in [3.63, 3.8) is 0 Å². The molecule has 0 radical (unpaired) electrons. The average Bonchev–Trinajstić information content (AvgIpc) is 2.67. The van der Waals surface area contributed by atoms with Crippen molar-refractivity contribution in [3.8, 4) is 5.75 Å². The van der Waals surface area contributed by atoms with Crippen molar-refractivity contribution in [1.29, 1.82) is 0 Å². The molecule has 3 nitrogen and oxygen atoms in total. The Morgan fingerprint density at radius 2 is 1.81 bits per heavy atom. The molecule has 4 heteroatoms. The van der Waals surface area contributed by atoms with Crippen LogP contribution < -0.4 is 10.1 Å². The molecule has 0 unspecified atom stereocenters.